The molecular formula is C16H26N2O2S. The fourth-order valence-electron chi connectivity index (χ4n) is 3.00. The number of hydrogen-bond donors (Lipinski definition) is 1. The summed E-state index contributed by atoms with van der Waals surface area (Å²) in [6, 6.07) is 5.58. The van der Waals surface area contributed by atoms with Crippen molar-refractivity contribution in [3.63, 3.8) is 0 Å². The SMILES string of the molecule is CNCc1cc(S(=O)(=O)N(C)C2CCCCC2)ccc1C. The Balaban J connectivity index is 2.27. The van der Waals surface area contributed by atoms with Gasteiger partial charge in [-0.3, -0.25) is 0 Å². The van der Waals surface area contributed by atoms with E-state index in [1.165, 1.54) is 6.42 Å². The molecule has 1 fully saturated rings. The Kier molecular flexibility index (Phi) is 5.41. The summed E-state index contributed by atoms with van der Waals surface area (Å²) in [7, 11) is 0.204. The van der Waals surface area contributed by atoms with E-state index in [0.717, 1.165) is 36.8 Å². The third-order valence-electron chi connectivity index (χ3n) is 4.45. The normalized spacial score (nSPS) is 17.3. The molecule has 118 valence electrons. The summed E-state index contributed by atoms with van der Waals surface area (Å²) in [4.78, 5) is 0.409. The predicted octanol–water partition coefficient (Wildman–Crippen LogP) is 2.67. The molecule has 0 radical (unpaired) electrons. The molecule has 0 spiro atoms. The van der Waals surface area contributed by atoms with Crippen LogP contribution in [0.15, 0.2) is 23.1 Å². The van der Waals surface area contributed by atoms with Crippen LogP contribution in [0.3, 0.4) is 0 Å². The second kappa shape index (κ2) is 6.90. The summed E-state index contributed by atoms with van der Waals surface area (Å²) in [6.45, 7) is 2.69. The number of sulfonamides is 1. The molecular weight excluding hydrogens is 284 g/mol. The van der Waals surface area contributed by atoms with Crippen molar-refractivity contribution in [3.05, 3.63) is 29.3 Å². The van der Waals surface area contributed by atoms with E-state index in [2.05, 4.69) is 5.32 Å². The van der Waals surface area contributed by atoms with E-state index in [1.54, 1.807) is 23.5 Å². The van der Waals surface area contributed by atoms with Gasteiger partial charge in [0.15, 0.2) is 0 Å². The van der Waals surface area contributed by atoms with Crippen LogP contribution in [0.2, 0.25) is 0 Å². The van der Waals surface area contributed by atoms with E-state index < -0.39 is 10.0 Å². The highest BCUT2D eigenvalue weighted by atomic mass is 32.2. The van der Waals surface area contributed by atoms with Gasteiger partial charge in [0.1, 0.15) is 0 Å². The molecule has 0 aliphatic heterocycles. The van der Waals surface area contributed by atoms with Gasteiger partial charge in [0.05, 0.1) is 4.90 Å². The lowest BCUT2D eigenvalue weighted by Crippen LogP contribution is -2.38. The molecule has 1 N–H and O–H groups in total. The number of hydrogen-bond acceptors (Lipinski definition) is 3. The van der Waals surface area contributed by atoms with Gasteiger partial charge in [0.25, 0.3) is 0 Å². The topological polar surface area (TPSA) is 49.4 Å². The number of nitrogens with zero attached hydrogens (tertiary/aromatic N) is 1. The molecule has 2 rings (SSSR count). The number of rotatable bonds is 5. The third-order valence-corrected chi connectivity index (χ3v) is 6.36. The van der Waals surface area contributed by atoms with E-state index in [1.807, 2.05) is 20.0 Å². The average Bonchev–Trinajstić information content (AvgIpc) is 2.49. The Morgan fingerprint density at radius 1 is 1.24 bits per heavy atom. The summed E-state index contributed by atoms with van der Waals surface area (Å²) in [6.07, 6.45) is 5.43. The summed E-state index contributed by atoms with van der Waals surface area (Å²) in [5, 5.41) is 3.09. The fourth-order valence-corrected chi connectivity index (χ4v) is 4.46. The van der Waals surface area contributed by atoms with Crippen molar-refractivity contribution in [3.8, 4) is 0 Å². The molecule has 0 aromatic heterocycles. The molecule has 0 atom stereocenters. The van der Waals surface area contributed by atoms with E-state index in [-0.39, 0.29) is 6.04 Å². The van der Waals surface area contributed by atoms with Crippen molar-refractivity contribution in [2.45, 2.75) is 56.5 Å². The zero-order valence-corrected chi connectivity index (χ0v) is 14.0. The van der Waals surface area contributed by atoms with Crippen molar-refractivity contribution >= 4 is 10.0 Å². The van der Waals surface area contributed by atoms with Gasteiger partial charge in [-0.15, -0.1) is 0 Å². The van der Waals surface area contributed by atoms with Crippen LogP contribution in [-0.4, -0.2) is 32.9 Å². The van der Waals surface area contributed by atoms with Gasteiger partial charge >= 0.3 is 0 Å². The van der Waals surface area contributed by atoms with Gasteiger partial charge in [0, 0.05) is 19.6 Å². The highest BCUT2D eigenvalue weighted by Crippen LogP contribution is 2.27. The van der Waals surface area contributed by atoms with Crippen LogP contribution < -0.4 is 5.32 Å². The molecule has 0 heterocycles. The molecule has 0 saturated heterocycles. The average molecular weight is 310 g/mol. The van der Waals surface area contributed by atoms with Gasteiger partial charge in [0.2, 0.25) is 10.0 Å². The van der Waals surface area contributed by atoms with Gasteiger partial charge in [-0.2, -0.15) is 4.31 Å². The van der Waals surface area contributed by atoms with E-state index in [9.17, 15) is 8.42 Å². The monoisotopic (exact) mass is 310 g/mol. The van der Waals surface area contributed by atoms with Crippen LogP contribution in [0.5, 0.6) is 0 Å². The molecule has 1 aliphatic carbocycles. The fraction of sp³-hybridized carbons (Fsp3) is 0.625. The second-order valence-electron chi connectivity index (χ2n) is 5.93. The van der Waals surface area contributed by atoms with Gasteiger partial charge in [-0.05, 0) is 50.1 Å². The molecule has 0 unspecified atom stereocenters. The van der Waals surface area contributed by atoms with Gasteiger partial charge < -0.3 is 5.32 Å². The van der Waals surface area contributed by atoms with Crippen molar-refractivity contribution < 1.29 is 8.42 Å². The van der Waals surface area contributed by atoms with E-state index in [0.29, 0.717) is 11.4 Å². The molecule has 1 aromatic rings. The summed E-state index contributed by atoms with van der Waals surface area (Å²) in [5.41, 5.74) is 2.15. The Morgan fingerprint density at radius 2 is 1.90 bits per heavy atom. The summed E-state index contributed by atoms with van der Waals surface area (Å²) < 4.78 is 27.2. The smallest absolute Gasteiger partial charge is 0.243 e. The first-order valence-corrected chi connectivity index (χ1v) is 9.13. The molecule has 1 aliphatic rings. The zero-order valence-electron chi connectivity index (χ0n) is 13.2. The predicted molar refractivity (Wildman–Crippen MR) is 85.8 cm³/mol. The first-order valence-electron chi connectivity index (χ1n) is 7.69. The summed E-state index contributed by atoms with van der Waals surface area (Å²) >= 11 is 0. The van der Waals surface area contributed by atoms with Crippen molar-refractivity contribution in [1.29, 1.82) is 0 Å². The Bertz CT molecular complexity index is 578. The molecule has 5 heteroatoms. The lowest BCUT2D eigenvalue weighted by molar-refractivity contribution is 0.286. The zero-order chi connectivity index (χ0) is 15.5. The van der Waals surface area contributed by atoms with Crippen LogP contribution >= 0.6 is 0 Å². The lowest BCUT2D eigenvalue weighted by atomic mass is 9.96. The van der Waals surface area contributed by atoms with Crippen molar-refractivity contribution in [2.24, 2.45) is 0 Å². The highest BCUT2D eigenvalue weighted by molar-refractivity contribution is 7.89. The largest absolute Gasteiger partial charge is 0.316 e. The first-order chi connectivity index (χ1) is 9.96. The minimum atomic E-state index is -3.39. The highest BCUT2D eigenvalue weighted by Gasteiger charge is 2.29. The van der Waals surface area contributed by atoms with Crippen molar-refractivity contribution in [2.75, 3.05) is 14.1 Å². The second-order valence-corrected chi connectivity index (χ2v) is 7.93. The summed E-state index contributed by atoms with van der Waals surface area (Å²) in [5.74, 6) is 0. The van der Waals surface area contributed by atoms with Crippen LogP contribution in [0.4, 0.5) is 0 Å². The molecule has 1 aromatic carbocycles. The Morgan fingerprint density at radius 3 is 2.52 bits per heavy atom. The minimum Gasteiger partial charge on any atom is -0.316 e. The maximum Gasteiger partial charge on any atom is 0.243 e. The standard InChI is InChI=1S/C16H26N2O2S/c1-13-9-10-16(11-14(13)12-17-2)21(19,20)18(3)15-7-5-4-6-8-15/h9-11,15,17H,4-8,12H2,1-3H3. The Labute approximate surface area is 128 Å². The first kappa shape index (κ1) is 16.5. The molecule has 0 amide bonds. The van der Waals surface area contributed by atoms with Crippen LogP contribution in [0.25, 0.3) is 0 Å². The van der Waals surface area contributed by atoms with Crippen LogP contribution in [0, 0.1) is 6.92 Å². The quantitative estimate of drug-likeness (QED) is 0.909. The molecule has 4 nitrogen and oxygen atoms in total. The lowest BCUT2D eigenvalue weighted by Gasteiger charge is -2.30. The van der Waals surface area contributed by atoms with Gasteiger partial charge in [-0.25, -0.2) is 8.42 Å². The van der Waals surface area contributed by atoms with Gasteiger partial charge in [-0.1, -0.05) is 25.3 Å². The number of benzene rings is 1. The molecule has 0 bridgehead atoms. The maximum atomic E-state index is 12.8. The molecule has 21 heavy (non-hydrogen) atoms. The van der Waals surface area contributed by atoms with E-state index in [4.69, 9.17) is 0 Å². The molecule has 1 saturated carbocycles. The third kappa shape index (κ3) is 3.65. The van der Waals surface area contributed by atoms with E-state index >= 15 is 0 Å². The number of aryl methyl sites for hydroxylation is 1. The van der Waals surface area contributed by atoms with Crippen LogP contribution in [0.1, 0.15) is 43.2 Å². The Hall–Kier alpha value is -0.910. The van der Waals surface area contributed by atoms with Crippen LogP contribution in [-0.2, 0) is 16.6 Å². The maximum absolute atomic E-state index is 12.8. The number of nitrogens with one attached hydrogen (secondary N) is 1. The minimum absolute atomic E-state index is 0.151. The van der Waals surface area contributed by atoms with Crippen molar-refractivity contribution in [1.82, 2.24) is 9.62 Å².